The van der Waals surface area contributed by atoms with Gasteiger partial charge in [0.05, 0.1) is 22.8 Å². The quantitative estimate of drug-likeness (QED) is 0.362. The minimum atomic E-state index is -4.51. The summed E-state index contributed by atoms with van der Waals surface area (Å²) in [6.07, 6.45) is -3.05. The van der Waals surface area contributed by atoms with Crippen LogP contribution in [0.2, 0.25) is 0 Å². The van der Waals surface area contributed by atoms with Crippen molar-refractivity contribution in [1.29, 1.82) is 0 Å². The van der Waals surface area contributed by atoms with Crippen LogP contribution in [0, 0.1) is 6.92 Å². The number of hydrogen-bond donors (Lipinski definition) is 3. The maximum Gasteiger partial charge on any atom is 0.416 e. The van der Waals surface area contributed by atoms with Gasteiger partial charge in [-0.15, -0.1) is 0 Å². The Balaban J connectivity index is 1.51. The van der Waals surface area contributed by atoms with Crippen LogP contribution in [0.3, 0.4) is 0 Å². The van der Waals surface area contributed by atoms with E-state index >= 15 is 0 Å². The van der Waals surface area contributed by atoms with E-state index in [2.05, 4.69) is 20.9 Å². The van der Waals surface area contributed by atoms with Crippen molar-refractivity contribution in [3.05, 3.63) is 88.5 Å². The molecule has 7 nitrogen and oxygen atoms in total. The SMILES string of the molecule is Cc1ccc(NC(=O)Nc2cccc(C(F)(F)F)c2)cc1Nc1ccc2ncn(C)c(=O)c2c1. The molecule has 0 aliphatic heterocycles. The highest BCUT2D eigenvalue weighted by molar-refractivity contribution is 6.00. The van der Waals surface area contributed by atoms with Gasteiger partial charge in [-0.3, -0.25) is 4.79 Å². The van der Waals surface area contributed by atoms with Gasteiger partial charge in [-0.2, -0.15) is 13.2 Å². The van der Waals surface area contributed by atoms with E-state index in [1.54, 1.807) is 43.4 Å². The van der Waals surface area contributed by atoms with E-state index in [9.17, 15) is 22.8 Å². The molecule has 1 aromatic heterocycles. The van der Waals surface area contributed by atoms with E-state index in [4.69, 9.17) is 0 Å². The molecule has 4 rings (SSSR count). The zero-order chi connectivity index (χ0) is 24.5. The van der Waals surface area contributed by atoms with Gasteiger partial charge in [-0.1, -0.05) is 12.1 Å². The van der Waals surface area contributed by atoms with Gasteiger partial charge >= 0.3 is 12.2 Å². The number of nitrogens with zero attached hydrogens (tertiary/aromatic N) is 2. The molecule has 3 aromatic carbocycles. The van der Waals surface area contributed by atoms with Crippen molar-refractivity contribution in [2.45, 2.75) is 13.1 Å². The third-order valence-electron chi connectivity index (χ3n) is 5.14. The molecular weight excluding hydrogens is 447 g/mol. The van der Waals surface area contributed by atoms with Crippen molar-refractivity contribution < 1.29 is 18.0 Å². The highest BCUT2D eigenvalue weighted by Gasteiger charge is 2.30. The molecule has 0 radical (unpaired) electrons. The first kappa shape index (κ1) is 22.8. The summed E-state index contributed by atoms with van der Waals surface area (Å²) in [6, 6.07) is 14.1. The van der Waals surface area contributed by atoms with Crippen LogP contribution in [0.25, 0.3) is 10.9 Å². The number of benzene rings is 3. The molecule has 1 heterocycles. The van der Waals surface area contributed by atoms with Crippen molar-refractivity contribution in [2.75, 3.05) is 16.0 Å². The maximum atomic E-state index is 12.9. The number of halogens is 3. The van der Waals surface area contributed by atoms with E-state index in [1.165, 1.54) is 23.0 Å². The van der Waals surface area contributed by atoms with Crippen molar-refractivity contribution in [3.63, 3.8) is 0 Å². The number of hydrogen-bond acceptors (Lipinski definition) is 4. The van der Waals surface area contributed by atoms with E-state index in [-0.39, 0.29) is 11.2 Å². The van der Waals surface area contributed by atoms with Crippen LogP contribution in [0.4, 0.5) is 40.7 Å². The number of urea groups is 1. The third-order valence-corrected chi connectivity index (χ3v) is 5.14. The molecule has 174 valence electrons. The van der Waals surface area contributed by atoms with Crippen molar-refractivity contribution in [3.8, 4) is 0 Å². The molecule has 3 N–H and O–H groups in total. The fourth-order valence-corrected chi connectivity index (χ4v) is 3.35. The van der Waals surface area contributed by atoms with Gasteiger partial charge < -0.3 is 20.5 Å². The lowest BCUT2D eigenvalue weighted by Crippen LogP contribution is -2.20. The predicted octanol–water partition coefficient (Wildman–Crippen LogP) is 5.65. The summed E-state index contributed by atoms with van der Waals surface area (Å²) in [4.78, 5) is 29.0. The second-order valence-corrected chi connectivity index (χ2v) is 7.70. The number of carbonyl (C=O) groups is 1. The Kier molecular flexibility index (Phi) is 5.97. The smallest absolute Gasteiger partial charge is 0.355 e. The van der Waals surface area contributed by atoms with Crippen molar-refractivity contribution >= 4 is 39.7 Å². The van der Waals surface area contributed by atoms with Gasteiger partial charge in [0.15, 0.2) is 0 Å². The summed E-state index contributed by atoms with van der Waals surface area (Å²) in [5.74, 6) is 0. The fraction of sp³-hybridized carbons (Fsp3) is 0.125. The summed E-state index contributed by atoms with van der Waals surface area (Å²) in [7, 11) is 1.62. The average Bonchev–Trinajstić information content (AvgIpc) is 2.78. The van der Waals surface area contributed by atoms with Crippen LogP contribution in [-0.4, -0.2) is 15.6 Å². The molecule has 34 heavy (non-hydrogen) atoms. The highest BCUT2D eigenvalue weighted by atomic mass is 19.4. The minimum absolute atomic E-state index is 0.0177. The van der Waals surface area contributed by atoms with Gasteiger partial charge in [0.1, 0.15) is 0 Å². The molecule has 10 heteroatoms. The molecule has 0 saturated heterocycles. The molecular formula is C24H20F3N5O2. The number of carbonyl (C=O) groups excluding carboxylic acids is 1. The Morgan fingerprint density at radius 2 is 1.65 bits per heavy atom. The number of aryl methyl sites for hydroxylation is 2. The molecule has 0 bridgehead atoms. The zero-order valence-electron chi connectivity index (χ0n) is 18.2. The first-order valence-electron chi connectivity index (χ1n) is 10.2. The van der Waals surface area contributed by atoms with E-state index in [1.807, 2.05) is 6.92 Å². The van der Waals surface area contributed by atoms with E-state index in [0.717, 1.165) is 17.7 Å². The Hall–Kier alpha value is -4.34. The highest BCUT2D eigenvalue weighted by Crippen LogP contribution is 2.31. The number of alkyl halides is 3. The minimum Gasteiger partial charge on any atom is -0.355 e. The Bertz CT molecular complexity index is 1450. The van der Waals surface area contributed by atoms with Gasteiger partial charge in [0.25, 0.3) is 5.56 Å². The predicted molar refractivity (Wildman–Crippen MR) is 126 cm³/mol. The Morgan fingerprint density at radius 3 is 2.38 bits per heavy atom. The number of aromatic nitrogens is 2. The number of amides is 2. The lowest BCUT2D eigenvalue weighted by molar-refractivity contribution is -0.137. The largest absolute Gasteiger partial charge is 0.416 e. The number of anilines is 4. The van der Waals surface area contributed by atoms with Crippen molar-refractivity contribution in [1.82, 2.24) is 9.55 Å². The monoisotopic (exact) mass is 467 g/mol. The molecule has 2 amide bonds. The van der Waals surface area contributed by atoms with E-state index < -0.39 is 17.8 Å². The third kappa shape index (κ3) is 5.01. The van der Waals surface area contributed by atoms with Crippen molar-refractivity contribution in [2.24, 2.45) is 7.05 Å². The van der Waals surface area contributed by atoms with Gasteiger partial charge in [0.2, 0.25) is 0 Å². The first-order valence-corrected chi connectivity index (χ1v) is 10.2. The molecule has 0 spiro atoms. The molecule has 0 aliphatic carbocycles. The topological polar surface area (TPSA) is 88.1 Å². The van der Waals surface area contributed by atoms with Crippen LogP contribution >= 0.6 is 0 Å². The average molecular weight is 467 g/mol. The maximum absolute atomic E-state index is 12.9. The summed E-state index contributed by atoms with van der Waals surface area (Å²) < 4.78 is 40.0. The number of fused-ring (bicyclic) bond motifs is 1. The summed E-state index contributed by atoms with van der Waals surface area (Å²) >= 11 is 0. The second kappa shape index (κ2) is 8.89. The van der Waals surface area contributed by atoms with Gasteiger partial charge in [-0.05, 0) is 61.0 Å². The standard InChI is InChI=1S/C24H20F3N5O2/c1-14-6-7-18(31-23(34)30-16-5-3-4-15(10-16)24(25,26)27)12-21(14)29-17-8-9-20-19(11-17)22(33)32(2)13-28-20/h3-13,29H,1-2H3,(H2,30,31,34). The second-order valence-electron chi connectivity index (χ2n) is 7.70. The van der Waals surface area contributed by atoms with Crippen LogP contribution < -0.4 is 21.5 Å². The van der Waals surface area contributed by atoms with Crippen LogP contribution in [-0.2, 0) is 13.2 Å². The summed E-state index contributed by atoms with van der Waals surface area (Å²) in [5.41, 5.74) is 2.21. The molecule has 0 unspecified atom stereocenters. The molecule has 4 aromatic rings. The lowest BCUT2D eigenvalue weighted by atomic mass is 10.1. The summed E-state index contributed by atoms with van der Waals surface area (Å²) in [6.45, 7) is 1.87. The fourth-order valence-electron chi connectivity index (χ4n) is 3.35. The van der Waals surface area contributed by atoms with Gasteiger partial charge in [-0.25, -0.2) is 9.78 Å². The van der Waals surface area contributed by atoms with Gasteiger partial charge in [0, 0.05) is 29.8 Å². The lowest BCUT2D eigenvalue weighted by Gasteiger charge is -2.14. The van der Waals surface area contributed by atoms with Crippen LogP contribution in [0.1, 0.15) is 11.1 Å². The summed E-state index contributed by atoms with van der Waals surface area (Å²) in [5, 5.41) is 8.70. The zero-order valence-corrected chi connectivity index (χ0v) is 18.2. The molecule has 0 atom stereocenters. The normalized spacial score (nSPS) is 11.3. The first-order chi connectivity index (χ1) is 16.1. The Labute approximate surface area is 192 Å². The van der Waals surface area contributed by atoms with Crippen LogP contribution in [0.15, 0.2) is 71.8 Å². The number of rotatable bonds is 4. The van der Waals surface area contributed by atoms with Crippen LogP contribution in [0.5, 0.6) is 0 Å². The molecule has 0 saturated carbocycles. The van der Waals surface area contributed by atoms with E-state index in [0.29, 0.717) is 28.0 Å². The molecule has 0 fully saturated rings. The molecule has 0 aliphatic rings. The number of nitrogens with one attached hydrogen (secondary N) is 3. The Morgan fingerprint density at radius 1 is 0.941 bits per heavy atom.